The summed E-state index contributed by atoms with van der Waals surface area (Å²) in [6.45, 7) is 6.52. The van der Waals surface area contributed by atoms with Crippen LogP contribution in [0.1, 0.15) is 29.7 Å². The van der Waals surface area contributed by atoms with Crippen molar-refractivity contribution >= 4 is 17.2 Å². The quantitative estimate of drug-likeness (QED) is 0.801. The zero-order valence-electron chi connectivity index (χ0n) is 14.5. The predicted molar refractivity (Wildman–Crippen MR) is 93.6 cm³/mol. The molecule has 5 heteroatoms. The maximum atomic E-state index is 11.7. The van der Waals surface area contributed by atoms with Crippen LogP contribution in [0.3, 0.4) is 0 Å². The van der Waals surface area contributed by atoms with Crippen LogP contribution in [0.4, 0.5) is 0 Å². The first-order valence-corrected chi connectivity index (χ1v) is 9.41. The smallest absolute Gasteiger partial charge is 0.248 e. The van der Waals surface area contributed by atoms with Gasteiger partial charge in [0.1, 0.15) is 6.61 Å². The minimum atomic E-state index is 0.0556. The average Bonchev–Trinajstić information content (AvgIpc) is 3.14. The van der Waals surface area contributed by atoms with Crippen LogP contribution in [0.2, 0.25) is 0 Å². The summed E-state index contributed by atoms with van der Waals surface area (Å²) in [5, 5.41) is 2.19. The second kappa shape index (κ2) is 6.91. The van der Waals surface area contributed by atoms with Gasteiger partial charge in [0.05, 0.1) is 6.61 Å². The van der Waals surface area contributed by atoms with E-state index in [0.29, 0.717) is 0 Å². The molecule has 0 spiro atoms. The number of nitrogens with zero attached hydrogens (tertiary/aromatic N) is 2. The molecular formula is C18H28N2O2S. The van der Waals surface area contributed by atoms with Crippen molar-refractivity contribution in [2.75, 3.05) is 40.4 Å². The third-order valence-corrected chi connectivity index (χ3v) is 6.57. The summed E-state index contributed by atoms with van der Waals surface area (Å²) in [6.07, 6.45) is 3.86. The van der Waals surface area contributed by atoms with Crippen molar-refractivity contribution in [3.05, 3.63) is 21.9 Å². The second-order valence-corrected chi connectivity index (χ2v) is 8.43. The number of hydrogen-bond acceptors (Lipinski definition) is 4. The molecule has 0 unspecified atom stereocenters. The number of thiophene rings is 1. The van der Waals surface area contributed by atoms with E-state index >= 15 is 0 Å². The van der Waals surface area contributed by atoms with Crippen molar-refractivity contribution < 1.29 is 9.53 Å². The first-order valence-electron chi connectivity index (χ1n) is 8.53. The molecule has 1 amide bonds. The van der Waals surface area contributed by atoms with Crippen molar-refractivity contribution in [1.29, 1.82) is 0 Å². The topological polar surface area (TPSA) is 32.8 Å². The Morgan fingerprint density at radius 1 is 1.52 bits per heavy atom. The number of fused-ring (bicyclic) bond motifs is 1. The van der Waals surface area contributed by atoms with Crippen molar-refractivity contribution in [1.82, 2.24) is 9.80 Å². The Hall–Kier alpha value is -0.910. The van der Waals surface area contributed by atoms with E-state index in [1.165, 1.54) is 36.2 Å². The van der Waals surface area contributed by atoms with Gasteiger partial charge in [-0.25, -0.2) is 0 Å². The Bertz CT molecular complexity index is 557. The first kappa shape index (κ1) is 16.9. The molecule has 1 aromatic heterocycles. The molecule has 0 N–H and O–H groups in total. The molecule has 128 valence electrons. The van der Waals surface area contributed by atoms with Crippen molar-refractivity contribution in [3.63, 3.8) is 0 Å². The molecule has 1 aliphatic carbocycles. The van der Waals surface area contributed by atoms with Crippen LogP contribution in [0.25, 0.3) is 0 Å². The summed E-state index contributed by atoms with van der Waals surface area (Å²) >= 11 is 1.87. The van der Waals surface area contributed by atoms with Crippen LogP contribution < -0.4 is 0 Å². The number of likely N-dealkylation sites (N-methyl/N-ethyl adjacent to an activating group) is 1. The molecule has 23 heavy (non-hydrogen) atoms. The highest BCUT2D eigenvalue weighted by molar-refractivity contribution is 7.10. The molecule has 2 aliphatic rings. The summed E-state index contributed by atoms with van der Waals surface area (Å²) in [5.74, 6) is 0.789. The normalized spacial score (nSPS) is 27.3. The predicted octanol–water partition coefficient (Wildman–Crippen LogP) is 2.76. The van der Waals surface area contributed by atoms with E-state index in [1.54, 1.807) is 19.0 Å². The highest BCUT2D eigenvalue weighted by Gasteiger charge is 2.49. The summed E-state index contributed by atoms with van der Waals surface area (Å²) in [6, 6.07) is 2.21. The number of carbonyl (C=O) groups is 1. The fraction of sp³-hybridized carbons (Fsp3) is 0.722. The van der Waals surface area contributed by atoms with E-state index < -0.39 is 0 Å². The molecule has 2 fully saturated rings. The Balaban J connectivity index is 1.57. The monoisotopic (exact) mass is 336 g/mol. The van der Waals surface area contributed by atoms with Gasteiger partial charge >= 0.3 is 0 Å². The van der Waals surface area contributed by atoms with Crippen molar-refractivity contribution in [2.45, 2.75) is 32.7 Å². The van der Waals surface area contributed by atoms with Crippen LogP contribution in [-0.4, -0.2) is 56.1 Å². The van der Waals surface area contributed by atoms with E-state index in [-0.39, 0.29) is 17.9 Å². The maximum absolute atomic E-state index is 11.7. The van der Waals surface area contributed by atoms with Gasteiger partial charge < -0.3 is 9.64 Å². The van der Waals surface area contributed by atoms with Gasteiger partial charge in [0, 0.05) is 44.0 Å². The fourth-order valence-corrected chi connectivity index (χ4v) is 5.07. The van der Waals surface area contributed by atoms with Gasteiger partial charge in [0.15, 0.2) is 0 Å². The molecule has 0 radical (unpaired) electrons. The lowest BCUT2D eigenvalue weighted by molar-refractivity contribution is -0.135. The van der Waals surface area contributed by atoms with Gasteiger partial charge in [-0.15, -0.1) is 11.3 Å². The third-order valence-electron chi connectivity index (χ3n) is 5.56. The first-order chi connectivity index (χ1) is 11.0. The Morgan fingerprint density at radius 3 is 3.04 bits per heavy atom. The summed E-state index contributed by atoms with van der Waals surface area (Å²) in [5.41, 5.74) is 1.69. The molecule has 3 rings (SSSR count). The standard InChI is InChI=1S/C18H28N2O2S/c1-14-6-8-23-16(14)10-20-9-15-5-4-7-18(15,12-20)13-22-11-17(21)19(2)3/h6,8,15H,4-5,7,9-13H2,1-3H3/t15-,18-/m1/s1. The summed E-state index contributed by atoms with van der Waals surface area (Å²) in [7, 11) is 3.56. The van der Waals surface area contributed by atoms with E-state index in [4.69, 9.17) is 4.74 Å². The molecule has 4 nitrogen and oxygen atoms in total. The Labute approximate surface area is 143 Å². The van der Waals surface area contributed by atoms with Gasteiger partial charge in [-0.2, -0.15) is 0 Å². The minimum absolute atomic E-state index is 0.0556. The Kier molecular flexibility index (Phi) is 5.09. The highest BCUT2D eigenvalue weighted by Crippen LogP contribution is 2.49. The zero-order chi connectivity index (χ0) is 16.4. The largest absolute Gasteiger partial charge is 0.371 e. The van der Waals surface area contributed by atoms with Crippen molar-refractivity contribution in [3.8, 4) is 0 Å². The SMILES string of the molecule is Cc1ccsc1CN1C[C@H]2CCC[C@]2(COCC(=O)N(C)C)C1. The zero-order valence-corrected chi connectivity index (χ0v) is 15.3. The third kappa shape index (κ3) is 3.62. The number of hydrogen-bond donors (Lipinski definition) is 0. The van der Waals surface area contributed by atoms with Gasteiger partial charge in [-0.3, -0.25) is 9.69 Å². The average molecular weight is 337 g/mol. The molecule has 1 saturated heterocycles. The van der Waals surface area contributed by atoms with Gasteiger partial charge in [0.25, 0.3) is 0 Å². The van der Waals surface area contributed by atoms with Gasteiger partial charge in [-0.1, -0.05) is 6.42 Å². The summed E-state index contributed by atoms with van der Waals surface area (Å²) in [4.78, 5) is 17.4. The maximum Gasteiger partial charge on any atom is 0.248 e. The fourth-order valence-electron chi connectivity index (χ4n) is 4.12. The molecule has 0 aromatic carbocycles. The van der Waals surface area contributed by atoms with Crippen LogP contribution >= 0.6 is 11.3 Å². The van der Waals surface area contributed by atoms with Crippen LogP contribution in [0.5, 0.6) is 0 Å². The molecule has 1 aliphatic heterocycles. The van der Waals surface area contributed by atoms with Crippen LogP contribution in [0, 0.1) is 18.3 Å². The number of ether oxygens (including phenoxy) is 1. The molecule has 1 aromatic rings. The highest BCUT2D eigenvalue weighted by atomic mass is 32.1. The van der Waals surface area contributed by atoms with E-state index in [9.17, 15) is 4.79 Å². The second-order valence-electron chi connectivity index (χ2n) is 7.43. The number of rotatable bonds is 6. The van der Waals surface area contributed by atoms with Crippen LogP contribution in [0.15, 0.2) is 11.4 Å². The van der Waals surface area contributed by atoms with Gasteiger partial charge in [-0.05, 0) is 42.7 Å². The lowest BCUT2D eigenvalue weighted by Gasteiger charge is -2.29. The van der Waals surface area contributed by atoms with Crippen molar-refractivity contribution in [2.24, 2.45) is 11.3 Å². The number of carbonyl (C=O) groups excluding carboxylic acids is 1. The Morgan fingerprint density at radius 2 is 2.35 bits per heavy atom. The molecule has 0 bridgehead atoms. The minimum Gasteiger partial charge on any atom is -0.371 e. The number of likely N-dealkylation sites (tertiary alicyclic amines) is 1. The van der Waals surface area contributed by atoms with E-state index in [1.807, 2.05) is 11.3 Å². The molecule has 2 heterocycles. The number of aryl methyl sites for hydroxylation is 1. The lowest BCUT2D eigenvalue weighted by Crippen LogP contribution is -2.34. The molecule has 1 saturated carbocycles. The molecular weight excluding hydrogens is 308 g/mol. The molecule has 2 atom stereocenters. The lowest BCUT2D eigenvalue weighted by atomic mass is 9.81. The number of amides is 1. The van der Waals surface area contributed by atoms with E-state index in [0.717, 1.165) is 25.6 Å². The van der Waals surface area contributed by atoms with Gasteiger partial charge in [0.2, 0.25) is 5.91 Å². The summed E-state index contributed by atoms with van der Waals surface area (Å²) < 4.78 is 5.84. The van der Waals surface area contributed by atoms with Crippen LogP contribution in [-0.2, 0) is 16.1 Å². The van der Waals surface area contributed by atoms with E-state index in [2.05, 4.69) is 23.3 Å².